The molecule has 1 saturated heterocycles. The molecule has 0 bridgehead atoms. The topological polar surface area (TPSA) is 35.5 Å². The molecule has 1 unspecified atom stereocenters. The van der Waals surface area contributed by atoms with Crippen LogP contribution in [0.2, 0.25) is 0 Å². The predicted octanol–water partition coefficient (Wildman–Crippen LogP) is 1.47. The van der Waals surface area contributed by atoms with Crippen LogP contribution in [0.15, 0.2) is 0 Å². The molecule has 1 atom stereocenters. The normalized spacial score (nSPS) is 23.2. The molecule has 0 saturated carbocycles. The zero-order valence-corrected chi connectivity index (χ0v) is 11.1. The van der Waals surface area contributed by atoms with Gasteiger partial charge >= 0.3 is 0 Å². The number of aliphatic hydroxyl groups is 1. The van der Waals surface area contributed by atoms with Crippen LogP contribution < -0.4 is 5.32 Å². The predicted molar refractivity (Wildman–Crippen MR) is 68.6 cm³/mol. The summed E-state index contributed by atoms with van der Waals surface area (Å²) in [5.74, 6) is 0. The first kappa shape index (κ1) is 13.9. The highest BCUT2D eigenvalue weighted by molar-refractivity contribution is 4.81. The Bertz CT molecular complexity index is 184. The van der Waals surface area contributed by atoms with Crippen LogP contribution in [0.4, 0.5) is 0 Å². The maximum Gasteiger partial charge on any atom is 0.0597 e. The molecule has 16 heavy (non-hydrogen) atoms. The second kappa shape index (κ2) is 6.58. The van der Waals surface area contributed by atoms with Crippen molar-refractivity contribution in [1.82, 2.24) is 10.2 Å². The van der Waals surface area contributed by atoms with Gasteiger partial charge in [0.1, 0.15) is 0 Å². The lowest BCUT2D eigenvalue weighted by molar-refractivity contribution is 0.109. The summed E-state index contributed by atoms with van der Waals surface area (Å²) in [5, 5.41) is 12.7. The van der Waals surface area contributed by atoms with E-state index < -0.39 is 0 Å². The number of likely N-dealkylation sites (tertiary alicyclic amines) is 1. The molecule has 0 aromatic rings. The fourth-order valence-electron chi connectivity index (χ4n) is 2.19. The summed E-state index contributed by atoms with van der Waals surface area (Å²) in [5.41, 5.74) is 0.516. The van der Waals surface area contributed by atoms with Gasteiger partial charge in [0.25, 0.3) is 0 Å². The Morgan fingerprint density at radius 2 is 1.94 bits per heavy atom. The maximum atomic E-state index is 9.30. The molecule has 3 heteroatoms. The van der Waals surface area contributed by atoms with E-state index >= 15 is 0 Å². The lowest BCUT2D eigenvalue weighted by Crippen LogP contribution is -2.47. The van der Waals surface area contributed by atoms with Gasteiger partial charge in [-0.1, -0.05) is 20.8 Å². The number of hydrogen-bond donors (Lipinski definition) is 2. The van der Waals surface area contributed by atoms with Crippen molar-refractivity contribution in [3.8, 4) is 0 Å². The molecule has 1 aliphatic rings. The molecule has 1 rings (SSSR count). The van der Waals surface area contributed by atoms with E-state index in [4.69, 9.17) is 0 Å². The van der Waals surface area contributed by atoms with Gasteiger partial charge in [-0.2, -0.15) is 0 Å². The molecular weight excluding hydrogens is 200 g/mol. The fourth-order valence-corrected chi connectivity index (χ4v) is 2.19. The zero-order chi connectivity index (χ0) is 12.0. The average molecular weight is 228 g/mol. The highest BCUT2D eigenvalue weighted by atomic mass is 16.3. The minimum absolute atomic E-state index is 0.250. The van der Waals surface area contributed by atoms with Gasteiger partial charge in [-0.25, -0.2) is 0 Å². The maximum absolute atomic E-state index is 9.30. The summed E-state index contributed by atoms with van der Waals surface area (Å²) in [4.78, 5) is 2.48. The van der Waals surface area contributed by atoms with Crippen LogP contribution in [0.5, 0.6) is 0 Å². The first-order valence-corrected chi connectivity index (χ1v) is 6.64. The van der Waals surface area contributed by atoms with Crippen LogP contribution in [0.1, 0.15) is 40.0 Å². The fraction of sp³-hybridized carbons (Fsp3) is 1.00. The van der Waals surface area contributed by atoms with E-state index in [1.807, 2.05) is 0 Å². The van der Waals surface area contributed by atoms with Crippen molar-refractivity contribution >= 4 is 0 Å². The molecule has 0 aromatic heterocycles. The van der Waals surface area contributed by atoms with Gasteiger partial charge in [0.05, 0.1) is 6.61 Å². The number of hydrogen-bond acceptors (Lipinski definition) is 3. The second-order valence-electron chi connectivity index (χ2n) is 5.80. The molecule has 1 fully saturated rings. The van der Waals surface area contributed by atoms with E-state index in [0.29, 0.717) is 5.41 Å². The molecule has 96 valence electrons. The Morgan fingerprint density at radius 1 is 1.31 bits per heavy atom. The van der Waals surface area contributed by atoms with Gasteiger partial charge in [0, 0.05) is 12.6 Å². The van der Waals surface area contributed by atoms with Crippen molar-refractivity contribution in [2.45, 2.75) is 46.1 Å². The number of nitrogens with zero attached hydrogens (tertiary/aromatic N) is 1. The molecule has 0 aliphatic carbocycles. The SMILES string of the molecule is CCCNC(CO)CN1CCC(C)(C)CC1. The van der Waals surface area contributed by atoms with Crippen molar-refractivity contribution in [2.75, 3.05) is 32.8 Å². The Kier molecular flexibility index (Phi) is 5.73. The number of nitrogens with one attached hydrogen (secondary N) is 1. The number of aliphatic hydroxyl groups excluding tert-OH is 1. The highest BCUT2D eigenvalue weighted by Crippen LogP contribution is 2.29. The Hall–Kier alpha value is -0.120. The third-order valence-electron chi connectivity index (χ3n) is 3.59. The van der Waals surface area contributed by atoms with Gasteiger partial charge in [0.15, 0.2) is 0 Å². The molecule has 1 heterocycles. The Morgan fingerprint density at radius 3 is 2.44 bits per heavy atom. The van der Waals surface area contributed by atoms with Crippen molar-refractivity contribution in [2.24, 2.45) is 5.41 Å². The Balaban J connectivity index is 2.25. The molecule has 0 aromatic carbocycles. The quantitative estimate of drug-likeness (QED) is 0.722. The summed E-state index contributed by atoms with van der Waals surface area (Å²) < 4.78 is 0. The second-order valence-corrected chi connectivity index (χ2v) is 5.80. The van der Waals surface area contributed by atoms with Crippen LogP contribution in [0.3, 0.4) is 0 Å². The Labute approximate surface area is 100 Å². The first-order valence-electron chi connectivity index (χ1n) is 6.64. The van der Waals surface area contributed by atoms with Gasteiger partial charge in [-0.05, 0) is 44.3 Å². The molecule has 0 radical (unpaired) electrons. The van der Waals surface area contributed by atoms with Crippen molar-refractivity contribution in [3.63, 3.8) is 0 Å². The molecular formula is C13H28N2O. The summed E-state index contributed by atoms with van der Waals surface area (Å²) in [6, 6.07) is 0.251. The van der Waals surface area contributed by atoms with E-state index in [1.54, 1.807) is 0 Å². The third-order valence-corrected chi connectivity index (χ3v) is 3.59. The van der Waals surface area contributed by atoms with Crippen LogP contribution in [-0.4, -0.2) is 48.8 Å². The molecule has 3 nitrogen and oxygen atoms in total. The summed E-state index contributed by atoms with van der Waals surface area (Å²) in [6.45, 7) is 11.5. The average Bonchev–Trinajstić information content (AvgIpc) is 2.26. The summed E-state index contributed by atoms with van der Waals surface area (Å²) in [6.07, 6.45) is 3.68. The number of rotatable bonds is 6. The minimum atomic E-state index is 0.250. The summed E-state index contributed by atoms with van der Waals surface area (Å²) >= 11 is 0. The highest BCUT2D eigenvalue weighted by Gasteiger charge is 2.26. The van der Waals surface area contributed by atoms with Gasteiger partial charge in [-0.3, -0.25) is 0 Å². The molecule has 2 N–H and O–H groups in total. The van der Waals surface area contributed by atoms with Crippen molar-refractivity contribution < 1.29 is 5.11 Å². The lowest BCUT2D eigenvalue weighted by Gasteiger charge is -2.38. The van der Waals surface area contributed by atoms with Crippen molar-refractivity contribution in [3.05, 3.63) is 0 Å². The first-order chi connectivity index (χ1) is 7.57. The van der Waals surface area contributed by atoms with E-state index in [1.165, 1.54) is 25.9 Å². The summed E-state index contributed by atoms with van der Waals surface area (Å²) in [7, 11) is 0. The molecule has 0 spiro atoms. The van der Waals surface area contributed by atoms with Crippen LogP contribution in [0.25, 0.3) is 0 Å². The third kappa shape index (κ3) is 4.81. The van der Waals surface area contributed by atoms with E-state index in [2.05, 4.69) is 31.0 Å². The van der Waals surface area contributed by atoms with Crippen molar-refractivity contribution in [1.29, 1.82) is 0 Å². The zero-order valence-electron chi connectivity index (χ0n) is 11.1. The van der Waals surface area contributed by atoms with E-state index in [9.17, 15) is 5.11 Å². The van der Waals surface area contributed by atoms with Gasteiger partial charge in [0.2, 0.25) is 0 Å². The number of piperidine rings is 1. The van der Waals surface area contributed by atoms with Crippen LogP contribution in [0, 0.1) is 5.41 Å². The van der Waals surface area contributed by atoms with E-state index in [0.717, 1.165) is 19.5 Å². The van der Waals surface area contributed by atoms with E-state index in [-0.39, 0.29) is 12.6 Å². The largest absolute Gasteiger partial charge is 0.395 e. The molecule has 1 aliphatic heterocycles. The monoisotopic (exact) mass is 228 g/mol. The van der Waals surface area contributed by atoms with Gasteiger partial charge < -0.3 is 15.3 Å². The smallest absolute Gasteiger partial charge is 0.0597 e. The molecule has 0 amide bonds. The van der Waals surface area contributed by atoms with Crippen LogP contribution >= 0.6 is 0 Å². The standard InChI is InChI=1S/C13H28N2O/c1-4-7-14-12(11-16)10-15-8-5-13(2,3)6-9-15/h12,14,16H,4-11H2,1-3H3. The van der Waals surface area contributed by atoms with Gasteiger partial charge in [-0.15, -0.1) is 0 Å². The lowest BCUT2D eigenvalue weighted by atomic mass is 9.82. The van der Waals surface area contributed by atoms with Crippen LogP contribution in [-0.2, 0) is 0 Å². The minimum Gasteiger partial charge on any atom is -0.395 e.